The lowest BCUT2D eigenvalue weighted by molar-refractivity contribution is 0.0929. The molecular formula is C20H12Cl2N2O3. The standard InChI is InChI=1S/C20H12Cl2N2O3/c21-14-3-1-12(2-4-14)17-8-6-16(26-17)11-23-24-20(25)19-10-13-9-15(22)5-7-18(13)27-19/h1-11H,(H,24,25)/b23-11+. The molecule has 2 aromatic carbocycles. The van der Waals surface area contributed by atoms with Crippen LogP contribution in [0, 0.1) is 0 Å². The van der Waals surface area contributed by atoms with Gasteiger partial charge in [-0.15, -0.1) is 0 Å². The molecule has 0 spiro atoms. The van der Waals surface area contributed by atoms with Crippen LogP contribution in [0.2, 0.25) is 10.0 Å². The monoisotopic (exact) mass is 398 g/mol. The smallest absolute Gasteiger partial charge is 0.307 e. The van der Waals surface area contributed by atoms with Gasteiger partial charge in [0.2, 0.25) is 0 Å². The first-order valence-electron chi connectivity index (χ1n) is 7.97. The summed E-state index contributed by atoms with van der Waals surface area (Å²) >= 11 is 11.8. The minimum Gasteiger partial charge on any atom is -0.455 e. The summed E-state index contributed by atoms with van der Waals surface area (Å²) in [5.41, 5.74) is 3.87. The van der Waals surface area contributed by atoms with Crippen LogP contribution in [-0.4, -0.2) is 12.1 Å². The summed E-state index contributed by atoms with van der Waals surface area (Å²) in [7, 11) is 0. The van der Waals surface area contributed by atoms with E-state index in [1.807, 2.05) is 18.2 Å². The lowest BCUT2D eigenvalue weighted by Gasteiger charge is -1.96. The molecule has 0 aliphatic carbocycles. The number of nitrogens with zero attached hydrogens (tertiary/aromatic N) is 1. The molecule has 4 aromatic rings. The number of fused-ring (bicyclic) bond motifs is 1. The van der Waals surface area contributed by atoms with E-state index in [0.717, 1.165) is 10.9 Å². The number of nitrogens with one attached hydrogen (secondary N) is 1. The van der Waals surface area contributed by atoms with Crippen LogP contribution in [0.15, 0.2) is 74.6 Å². The maximum atomic E-state index is 12.2. The van der Waals surface area contributed by atoms with Crippen LogP contribution in [0.25, 0.3) is 22.3 Å². The Morgan fingerprint density at radius 2 is 1.70 bits per heavy atom. The van der Waals surface area contributed by atoms with Crippen molar-refractivity contribution < 1.29 is 13.6 Å². The van der Waals surface area contributed by atoms with Crippen molar-refractivity contribution in [2.45, 2.75) is 0 Å². The van der Waals surface area contributed by atoms with Crippen LogP contribution in [0.5, 0.6) is 0 Å². The highest BCUT2D eigenvalue weighted by Gasteiger charge is 2.12. The highest BCUT2D eigenvalue weighted by atomic mass is 35.5. The van der Waals surface area contributed by atoms with Crippen molar-refractivity contribution in [1.82, 2.24) is 5.43 Å². The maximum absolute atomic E-state index is 12.2. The summed E-state index contributed by atoms with van der Waals surface area (Å²) in [6.07, 6.45) is 1.41. The zero-order chi connectivity index (χ0) is 18.8. The van der Waals surface area contributed by atoms with Gasteiger partial charge in [-0.3, -0.25) is 4.79 Å². The average Bonchev–Trinajstić information content (AvgIpc) is 3.29. The normalized spacial score (nSPS) is 11.3. The van der Waals surface area contributed by atoms with Gasteiger partial charge in [0.1, 0.15) is 17.1 Å². The number of hydrogen-bond donors (Lipinski definition) is 1. The van der Waals surface area contributed by atoms with Crippen LogP contribution in [-0.2, 0) is 0 Å². The van der Waals surface area contributed by atoms with E-state index in [1.165, 1.54) is 6.21 Å². The van der Waals surface area contributed by atoms with Crippen molar-refractivity contribution in [2.24, 2.45) is 5.10 Å². The maximum Gasteiger partial charge on any atom is 0.307 e. The number of rotatable bonds is 4. The molecule has 1 N–H and O–H groups in total. The average molecular weight is 399 g/mol. The lowest BCUT2D eigenvalue weighted by atomic mass is 10.2. The molecule has 1 amide bonds. The van der Waals surface area contributed by atoms with E-state index in [-0.39, 0.29) is 5.76 Å². The Hall–Kier alpha value is -3.02. The molecule has 0 saturated heterocycles. The van der Waals surface area contributed by atoms with E-state index < -0.39 is 5.91 Å². The molecular weight excluding hydrogens is 387 g/mol. The van der Waals surface area contributed by atoms with E-state index >= 15 is 0 Å². The highest BCUT2D eigenvalue weighted by Crippen LogP contribution is 2.24. The highest BCUT2D eigenvalue weighted by molar-refractivity contribution is 6.31. The van der Waals surface area contributed by atoms with Crippen LogP contribution < -0.4 is 5.43 Å². The second-order valence-corrected chi connectivity index (χ2v) is 6.57. The first-order chi connectivity index (χ1) is 13.1. The van der Waals surface area contributed by atoms with Crippen LogP contribution >= 0.6 is 23.2 Å². The molecule has 4 rings (SSSR count). The first-order valence-corrected chi connectivity index (χ1v) is 8.72. The quantitative estimate of drug-likeness (QED) is 0.350. The van der Waals surface area contributed by atoms with Gasteiger partial charge in [-0.05, 0) is 60.7 Å². The first kappa shape index (κ1) is 17.4. The molecule has 0 aliphatic heterocycles. The van der Waals surface area contributed by atoms with Gasteiger partial charge >= 0.3 is 5.91 Å². The lowest BCUT2D eigenvalue weighted by Crippen LogP contribution is -2.16. The van der Waals surface area contributed by atoms with E-state index in [1.54, 1.807) is 42.5 Å². The van der Waals surface area contributed by atoms with Gasteiger partial charge in [-0.2, -0.15) is 5.10 Å². The van der Waals surface area contributed by atoms with Crippen molar-refractivity contribution in [3.63, 3.8) is 0 Å². The second kappa shape index (κ2) is 7.31. The van der Waals surface area contributed by atoms with Gasteiger partial charge in [-0.25, -0.2) is 5.43 Å². The van der Waals surface area contributed by atoms with Gasteiger partial charge in [0.15, 0.2) is 5.76 Å². The fourth-order valence-corrected chi connectivity index (χ4v) is 2.83. The molecule has 134 valence electrons. The third-order valence-corrected chi connectivity index (χ3v) is 4.30. The van der Waals surface area contributed by atoms with Crippen molar-refractivity contribution in [3.8, 4) is 11.3 Å². The summed E-state index contributed by atoms with van der Waals surface area (Å²) in [4.78, 5) is 12.2. The molecule has 27 heavy (non-hydrogen) atoms. The molecule has 7 heteroatoms. The van der Waals surface area contributed by atoms with Crippen molar-refractivity contribution in [2.75, 3.05) is 0 Å². The van der Waals surface area contributed by atoms with Gasteiger partial charge in [0, 0.05) is 21.0 Å². The summed E-state index contributed by atoms with van der Waals surface area (Å²) in [6, 6.07) is 17.6. The number of carbonyl (C=O) groups is 1. The molecule has 0 radical (unpaired) electrons. The van der Waals surface area contributed by atoms with Gasteiger partial charge < -0.3 is 8.83 Å². The van der Waals surface area contributed by atoms with Gasteiger partial charge in [-0.1, -0.05) is 23.2 Å². The predicted molar refractivity (Wildman–Crippen MR) is 105 cm³/mol. The van der Waals surface area contributed by atoms with E-state index in [2.05, 4.69) is 10.5 Å². The third-order valence-electron chi connectivity index (χ3n) is 3.82. The number of furan rings is 2. The zero-order valence-corrected chi connectivity index (χ0v) is 15.3. The molecule has 0 saturated carbocycles. The topological polar surface area (TPSA) is 67.7 Å². The SMILES string of the molecule is O=C(N/N=C/c1ccc(-c2ccc(Cl)cc2)o1)c1cc2cc(Cl)ccc2o1. The number of benzene rings is 2. The zero-order valence-electron chi connectivity index (χ0n) is 13.8. The number of carbonyl (C=O) groups excluding carboxylic acids is 1. The molecule has 0 atom stereocenters. The Morgan fingerprint density at radius 1 is 0.926 bits per heavy atom. The van der Waals surface area contributed by atoms with Crippen molar-refractivity contribution in [1.29, 1.82) is 0 Å². The molecule has 2 heterocycles. The minimum absolute atomic E-state index is 0.144. The Morgan fingerprint density at radius 3 is 2.52 bits per heavy atom. The van der Waals surface area contributed by atoms with E-state index in [0.29, 0.717) is 27.1 Å². The van der Waals surface area contributed by atoms with Crippen molar-refractivity contribution in [3.05, 3.63) is 82.2 Å². The van der Waals surface area contributed by atoms with Crippen molar-refractivity contribution >= 4 is 46.3 Å². The number of hydrogen-bond acceptors (Lipinski definition) is 4. The third kappa shape index (κ3) is 3.89. The van der Waals surface area contributed by atoms with Gasteiger partial charge in [0.25, 0.3) is 0 Å². The molecule has 0 bridgehead atoms. The summed E-state index contributed by atoms with van der Waals surface area (Å²) in [5.74, 6) is 0.846. The van der Waals surface area contributed by atoms with Crippen LogP contribution in [0.1, 0.15) is 16.3 Å². The predicted octanol–water partition coefficient (Wildman–Crippen LogP) is 5.76. The van der Waals surface area contributed by atoms with Crippen LogP contribution in [0.3, 0.4) is 0 Å². The Kier molecular flexibility index (Phi) is 4.71. The molecule has 0 aliphatic rings. The minimum atomic E-state index is -0.469. The Balaban J connectivity index is 1.44. The Bertz CT molecular complexity index is 1140. The number of halogens is 2. The second-order valence-electron chi connectivity index (χ2n) is 5.70. The van der Waals surface area contributed by atoms with E-state index in [9.17, 15) is 4.79 Å². The van der Waals surface area contributed by atoms with Gasteiger partial charge in [0.05, 0.1) is 6.21 Å². The Labute approximate surface area is 164 Å². The number of hydrazone groups is 1. The summed E-state index contributed by atoms with van der Waals surface area (Å²) in [6.45, 7) is 0. The summed E-state index contributed by atoms with van der Waals surface area (Å²) < 4.78 is 11.2. The largest absolute Gasteiger partial charge is 0.455 e. The molecule has 5 nitrogen and oxygen atoms in total. The fourth-order valence-electron chi connectivity index (χ4n) is 2.53. The fraction of sp³-hybridized carbons (Fsp3) is 0. The van der Waals surface area contributed by atoms with E-state index in [4.69, 9.17) is 32.0 Å². The molecule has 2 aromatic heterocycles. The molecule has 0 fully saturated rings. The number of amides is 1. The molecule has 0 unspecified atom stereocenters. The summed E-state index contributed by atoms with van der Waals surface area (Å²) in [5, 5.41) is 5.87. The van der Waals surface area contributed by atoms with Crippen LogP contribution in [0.4, 0.5) is 0 Å².